The van der Waals surface area contributed by atoms with Crippen LogP contribution in [0.15, 0.2) is 24.3 Å². The number of aliphatic hydroxyl groups excluding tert-OH is 1. The summed E-state index contributed by atoms with van der Waals surface area (Å²) < 4.78 is 0. The molecule has 0 spiro atoms. The van der Waals surface area contributed by atoms with Gasteiger partial charge in [-0.2, -0.15) is 0 Å². The fourth-order valence-electron chi connectivity index (χ4n) is 2.96. The summed E-state index contributed by atoms with van der Waals surface area (Å²) in [6.45, 7) is 3.14. The quantitative estimate of drug-likeness (QED) is 0.784. The summed E-state index contributed by atoms with van der Waals surface area (Å²) >= 11 is 0. The van der Waals surface area contributed by atoms with Crippen molar-refractivity contribution >= 4 is 17.4 Å². The Bertz CT molecular complexity index is 493. The lowest BCUT2D eigenvalue weighted by molar-refractivity contribution is 0.156. The third kappa shape index (κ3) is 4.37. The molecule has 5 nitrogen and oxygen atoms in total. The van der Waals surface area contributed by atoms with Gasteiger partial charge in [0.15, 0.2) is 0 Å². The zero-order valence-electron chi connectivity index (χ0n) is 13.5. The highest BCUT2D eigenvalue weighted by Crippen LogP contribution is 2.24. The lowest BCUT2D eigenvalue weighted by Gasteiger charge is -2.30. The first-order valence-corrected chi connectivity index (χ1v) is 8.13. The summed E-state index contributed by atoms with van der Waals surface area (Å²) in [5, 5.41) is 15.3. The second kappa shape index (κ2) is 8.03. The van der Waals surface area contributed by atoms with Crippen molar-refractivity contribution in [3.63, 3.8) is 0 Å². The van der Waals surface area contributed by atoms with E-state index in [0.717, 1.165) is 43.6 Å². The number of carbonyl (C=O) groups excluding carboxylic acids is 1. The van der Waals surface area contributed by atoms with Gasteiger partial charge in [0.05, 0.1) is 0 Å². The molecule has 1 fully saturated rings. The van der Waals surface area contributed by atoms with E-state index in [-0.39, 0.29) is 24.6 Å². The lowest BCUT2D eigenvalue weighted by Crippen LogP contribution is -2.45. The van der Waals surface area contributed by atoms with Crippen molar-refractivity contribution in [2.45, 2.75) is 38.6 Å². The van der Waals surface area contributed by atoms with E-state index in [4.69, 9.17) is 0 Å². The third-order valence-corrected chi connectivity index (χ3v) is 4.48. The Morgan fingerprint density at radius 3 is 2.86 bits per heavy atom. The van der Waals surface area contributed by atoms with E-state index >= 15 is 0 Å². The molecule has 22 heavy (non-hydrogen) atoms. The molecule has 1 aromatic rings. The van der Waals surface area contributed by atoms with Gasteiger partial charge in [-0.25, -0.2) is 4.79 Å². The smallest absolute Gasteiger partial charge is 0.319 e. The van der Waals surface area contributed by atoms with Gasteiger partial charge in [-0.1, -0.05) is 18.9 Å². The van der Waals surface area contributed by atoms with Gasteiger partial charge in [0, 0.05) is 43.5 Å². The van der Waals surface area contributed by atoms with Crippen LogP contribution in [0.25, 0.3) is 0 Å². The van der Waals surface area contributed by atoms with Gasteiger partial charge in [0.2, 0.25) is 0 Å². The number of hydrogen-bond acceptors (Lipinski definition) is 3. The first kappa shape index (κ1) is 16.6. The van der Waals surface area contributed by atoms with Crippen molar-refractivity contribution in [2.75, 3.05) is 30.4 Å². The van der Waals surface area contributed by atoms with Crippen molar-refractivity contribution in [2.24, 2.45) is 5.92 Å². The van der Waals surface area contributed by atoms with Gasteiger partial charge in [-0.15, -0.1) is 0 Å². The van der Waals surface area contributed by atoms with Crippen LogP contribution in [-0.4, -0.2) is 37.4 Å². The lowest BCUT2D eigenvalue weighted by atomic mass is 9.85. The minimum Gasteiger partial charge on any atom is -0.396 e. The predicted octanol–water partition coefficient (Wildman–Crippen LogP) is 2.82. The SMILES string of the molecule is CCN(C)c1cccc(NC(=O)NC2CCCCC2CO)c1. The number of hydrogen-bond donors (Lipinski definition) is 3. The van der Waals surface area contributed by atoms with Crippen molar-refractivity contribution < 1.29 is 9.90 Å². The number of rotatable bonds is 5. The molecule has 0 radical (unpaired) electrons. The van der Waals surface area contributed by atoms with Crippen molar-refractivity contribution in [3.8, 4) is 0 Å². The molecule has 5 heteroatoms. The average Bonchev–Trinajstić information content (AvgIpc) is 2.54. The van der Waals surface area contributed by atoms with Gasteiger partial charge in [-0.05, 0) is 38.0 Å². The number of anilines is 2. The molecule has 2 atom stereocenters. The Kier molecular flexibility index (Phi) is 6.07. The van der Waals surface area contributed by atoms with Crippen LogP contribution in [0.1, 0.15) is 32.6 Å². The van der Waals surface area contributed by atoms with E-state index in [1.54, 1.807) is 0 Å². The number of urea groups is 1. The normalized spacial score (nSPS) is 21.2. The topological polar surface area (TPSA) is 64.6 Å². The molecule has 2 rings (SSSR count). The summed E-state index contributed by atoms with van der Waals surface area (Å²) in [7, 11) is 2.02. The minimum absolute atomic E-state index is 0.0697. The molecule has 122 valence electrons. The van der Waals surface area contributed by atoms with Crippen LogP contribution in [-0.2, 0) is 0 Å². The van der Waals surface area contributed by atoms with Gasteiger partial charge in [0.1, 0.15) is 0 Å². The maximum absolute atomic E-state index is 12.2. The zero-order chi connectivity index (χ0) is 15.9. The first-order chi connectivity index (χ1) is 10.6. The number of carbonyl (C=O) groups is 1. The van der Waals surface area contributed by atoms with Crippen molar-refractivity contribution in [3.05, 3.63) is 24.3 Å². The molecule has 2 amide bonds. The van der Waals surface area contributed by atoms with Crippen LogP contribution in [0.2, 0.25) is 0 Å². The van der Waals surface area contributed by atoms with E-state index in [1.165, 1.54) is 0 Å². The number of nitrogens with one attached hydrogen (secondary N) is 2. The monoisotopic (exact) mass is 305 g/mol. The zero-order valence-corrected chi connectivity index (χ0v) is 13.5. The number of benzene rings is 1. The van der Waals surface area contributed by atoms with E-state index in [9.17, 15) is 9.90 Å². The highest BCUT2D eigenvalue weighted by Gasteiger charge is 2.25. The second-order valence-electron chi connectivity index (χ2n) is 6.00. The molecule has 1 aromatic carbocycles. The highest BCUT2D eigenvalue weighted by atomic mass is 16.3. The van der Waals surface area contributed by atoms with Crippen LogP contribution in [0.3, 0.4) is 0 Å². The average molecular weight is 305 g/mol. The number of nitrogens with zero attached hydrogens (tertiary/aromatic N) is 1. The van der Waals surface area contributed by atoms with E-state index < -0.39 is 0 Å². The van der Waals surface area contributed by atoms with Crippen LogP contribution >= 0.6 is 0 Å². The highest BCUT2D eigenvalue weighted by molar-refractivity contribution is 5.90. The Morgan fingerprint density at radius 1 is 1.36 bits per heavy atom. The van der Waals surface area contributed by atoms with Crippen LogP contribution < -0.4 is 15.5 Å². The fourth-order valence-corrected chi connectivity index (χ4v) is 2.96. The van der Waals surface area contributed by atoms with Gasteiger partial charge < -0.3 is 20.6 Å². The Morgan fingerprint density at radius 2 is 2.14 bits per heavy atom. The maximum Gasteiger partial charge on any atom is 0.319 e. The van der Waals surface area contributed by atoms with Crippen LogP contribution in [0, 0.1) is 5.92 Å². The van der Waals surface area contributed by atoms with Crippen LogP contribution in [0.4, 0.5) is 16.2 Å². The van der Waals surface area contributed by atoms with Crippen LogP contribution in [0.5, 0.6) is 0 Å². The van der Waals surface area contributed by atoms with E-state index in [0.29, 0.717) is 0 Å². The summed E-state index contributed by atoms with van der Waals surface area (Å²) in [5.74, 6) is 0.178. The maximum atomic E-state index is 12.2. The first-order valence-electron chi connectivity index (χ1n) is 8.13. The number of aliphatic hydroxyl groups is 1. The van der Waals surface area contributed by atoms with Crippen molar-refractivity contribution in [1.82, 2.24) is 5.32 Å². The number of amides is 2. The molecule has 0 aliphatic heterocycles. The van der Waals surface area contributed by atoms with Gasteiger partial charge in [-0.3, -0.25) is 0 Å². The molecular formula is C17H27N3O2. The molecule has 1 aliphatic carbocycles. The second-order valence-corrected chi connectivity index (χ2v) is 6.00. The van der Waals surface area contributed by atoms with Gasteiger partial charge in [0.25, 0.3) is 0 Å². The molecule has 0 saturated heterocycles. The minimum atomic E-state index is -0.193. The summed E-state index contributed by atoms with van der Waals surface area (Å²) in [6.07, 6.45) is 4.17. The predicted molar refractivity (Wildman–Crippen MR) is 90.4 cm³/mol. The molecule has 1 saturated carbocycles. The molecule has 0 bridgehead atoms. The van der Waals surface area contributed by atoms with Crippen molar-refractivity contribution in [1.29, 1.82) is 0 Å². The largest absolute Gasteiger partial charge is 0.396 e. The summed E-state index contributed by atoms with van der Waals surface area (Å²) in [6, 6.07) is 7.69. The van der Waals surface area contributed by atoms with E-state index in [1.807, 2.05) is 31.3 Å². The Labute approximate surface area is 132 Å². The Balaban J connectivity index is 1.94. The van der Waals surface area contributed by atoms with Gasteiger partial charge >= 0.3 is 6.03 Å². The Hall–Kier alpha value is -1.75. The summed E-state index contributed by atoms with van der Waals surface area (Å²) in [4.78, 5) is 14.3. The van der Waals surface area contributed by atoms with E-state index in [2.05, 4.69) is 22.5 Å². The molecule has 0 aromatic heterocycles. The summed E-state index contributed by atoms with van der Waals surface area (Å²) in [5.41, 5.74) is 1.86. The molecular weight excluding hydrogens is 278 g/mol. The molecule has 1 aliphatic rings. The molecule has 2 unspecified atom stereocenters. The fraction of sp³-hybridized carbons (Fsp3) is 0.588. The molecule has 0 heterocycles. The third-order valence-electron chi connectivity index (χ3n) is 4.48. The standard InChI is InChI=1S/C17H27N3O2/c1-3-20(2)15-9-6-8-14(11-15)18-17(22)19-16-10-5-4-7-13(16)12-21/h6,8-9,11,13,16,21H,3-5,7,10,12H2,1-2H3,(H2,18,19,22). The molecule has 3 N–H and O–H groups in total.